The molecular formula is C16H20N2. The topological polar surface area (TPSA) is 24.9 Å². The highest BCUT2D eigenvalue weighted by Crippen LogP contribution is 2.26. The summed E-state index contributed by atoms with van der Waals surface area (Å²) in [6.07, 6.45) is 5.64. The van der Waals surface area contributed by atoms with Crippen molar-refractivity contribution in [1.29, 1.82) is 0 Å². The van der Waals surface area contributed by atoms with E-state index >= 15 is 0 Å². The number of nitrogens with zero attached hydrogens (tertiary/aromatic N) is 1. The third kappa shape index (κ3) is 2.25. The molecule has 0 amide bonds. The van der Waals surface area contributed by atoms with Gasteiger partial charge in [-0.25, -0.2) is 0 Å². The maximum atomic E-state index is 4.59. The summed E-state index contributed by atoms with van der Waals surface area (Å²) in [4.78, 5) is 4.59. The summed E-state index contributed by atoms with van der Waals surface area (Å²) >= 11 is 0. The van der Waals surface area contributed by atoms with Crippen LogP contribution in [0.4, 0.5) is 0 Å². The maximum absolute atomic E-state index is 4.59. The van der Waals surface area contributed by atoms with E-state index in [4.69, 9.17) is 0 Å². The smallest absolute Gasteiger partial charge is 0.0705 e. The standard InChI is InChI=1S/C16H20N2/c1-2-12-8-14-6-5-13(9-16(14)18-10-12)15-4-3-7-17-11-15/h5-6,8-10,15,17H,2-4,7,11H2,1H3. The van der Waals surface area contributed by atoms with Gasteiger partial charge in [-0.3, -0.25) is 4.98 Å². The molecule has 2 heteroatoms. The summed E-state index contributed by atoms with van der Waals surface area (Å²) in [5, 5.41) is 4.74. The molecular weight excluding hydrogens is 220 g/mol. The summed E-state index contributed by atoms with van der Waals surface area (Å²) in [6, 6.07) is 9.03. The van der Waals surface area contributed by atoms with Crippen LogP contribution in [0.3, 0.4) is 0 Å². The van der Waals surface area contributed by atoms with Crippen molar-refractivity contribution in [3.63, 3.8) is 0 Å². The third-order valence-corrected chi connectivity index (χ3v) is 3.94. The molecule has 0 saturated carbocycles. The Morgan fingerprint density at radius 2 is 2.28 bits per heavy atom. The van der Waals surface area contributed by atoms with Crippen LogP contribution in [0.1, 0.15) is 36.8 Å². The molecule has 0 spiro atoms. The number of pyridine rings is 1. The second-order valence-electron chi connectivity index (χ2n) is 5.19. The van der Waals surface area contributed by atoms with Crippen LogP contribution < -0.4 is 5.32 Å². The van der Waals surface area contributed by atoms with Crippen LogP contribution in [0.25, 0.3) is 10.9 Å². The molecule has 1 saturated heterocycles. The van der Waals surface area contributed by atoms with Gasteiger partial charge in [-0.05, 0) is 55.0 Å². The molecule has 0 radical (unpaired) electrons. The Morgan fingerprint density at radius 3 is 3.06 bits per heavy atom. The van der Waals surface area contributed by atoms with E-state index in [2.05, 4.69) is 41.5 Å². The van der Waals surface area contributed by atoms with Gasteiger partial charge in [0.1, 0.15) is 0 Å². The van der Waals surface area contributed by atoms with E-state index in [0.29, 0.717) is 5.92 Å². The summed E-state index contributed by atoms with van der Waals surface area (Å²) in [5.41, 5.74) is 3.89. The quantitative estimate of drug-likeness (QED) is 0.871. The Morgan fingerprint density at radius 1 is 1.33 bits per heavy atom. The largest absolute Gasteiger partial charge is 0.316 e. The first kappa shape index (κ1) is 11.7. The number of fused-ring (bicyclic) bond motifs is 1. The Labute approximate surface area is 108 Å². The van der Waals surface area contributed by atoms with E-state index in [1.165, 1.54) is 35.9 Å². The van der Waals surface area contributed by atoms with E-state index in [1.807, 2.05) is 6.20 Å². The van der Waals surface area contributed by atoms with Gasteiger partial charge in [0.2, 0.25) is 0 Å². The minimum absolute atomic E-state index is 0.663. The van der Waals surface area contributed by atoms with Crippen LogP contribution in [0, 0.1) is 0 Å². The van der Waals surface area contributed by atoms with Crippen LogP contribution in [-0.2, 0) is 6.42 Å². The first-order valence-electron chi connectivity index (χ1n) is 6.96. The van der Waals surface area contributed by atoms with Crippen molar-refractivity contribution < 1.29 is 0 Å². The zero-order chi connectivity index (χ0) is 12.4. The molecule has 1 atom stereocenters. The predicted molar refractivity (Wildman–Crippen MR) is 76.0 cm³/mol. The van der Waals surface area contributed by atoms with E-state index < -0.39 is 0 Å². The van der Waals surface area contributed by atoms with Crippen LogP contribution in [0.15, 0.2) is 30.5 Å². The van der Waals surface area contributed by atoms with Gasteiger partial charge in [0, 0.05) is 18.1 Å². The molecule has 1 aromatic carbocycles. The molecule has 1 aliphatic heterocycles. The lowest BCUT2D eigenvalue weighted by molar-refractivity contribution is 0.462. The average molecular weight is 240 g/mol. The molecule has 2 aromatic rings. The number of hydrogen-bond acceptors (Lipinski definition) is 2. The van der Waals surface area contributed by atoms with Crippen molar-refractivity contribution in [3.8, 4) is 0 Å². The van der Waals surface area contributed by atoms with Crippen LogP contribution in [0.2, 0.25) is 0 Å². The summed E-state index contributed by atoms with van der Waals surface area (Å²) in [5.74, 6) is 0.663. The zero-order valence-electron chi connectivity index (χ0n) is 10.9. The highest BCUT2D eigenvalue weighted by Gasteiger charge is 2.15. The highest BCUT2D eigenvalue weighted by atomic mass is 14.9. The van der Waals surface area contributed by atoms with Gasteiger partial charge in [0.25, 0.3) is 0 Å². The van der Waals surface area contributed by atoms with Crippen molar-refractivity contribution in [3.05, 3.63) is 41.6 Å². The van der Waals surface area contributed by atoms with Gasteiger partial charge < -0.3 is 5.32 Å². The lowest BCUT2D eigenvalue weighted by Gasteiger charge is -2.23. The number of piperidine rings is 1. The number of nitrogens with one attached hydrogen (secondary N) is 1. The summed E-state index contributed by atoms with van der Waals surface area (Å²) in [6.45, 7) is 4.45. The van der Waals surface area contributed by atoms with Gasteiger partial charge in [-0.2, -0.15) is 0 Å². The van der Waals surface area contributed by atoms with Gasteiger partial charge in [0.05, 0.1) is 5.52 Å². The van der Waals surface area contributed by atoms with Crippen molar-refractivity contribution in [2.24, 2.45) is 0 Å². The number of benzene rings is 1. The molecule has 1 N–H and O–H groups in total. The summed E-state index contributed by atoms with van der Waals surface area (Å²) in [7, 11) is 0. The van der Waals surface area contributed by atoms with E-state index in [0.717, 1.165) is 18.5 Å². The average Bonchev–Trinajstić information content (AvgIpc) is 2.47. The number of aryl methyl sites for hydroxylation is 1. The minimum atomic E-state index is 0.663. The first-order chi connectivity index (χ1) is 8.86. The second kappa shape index (κ2) is 5.07. The fourth-order valence-electron chi connectivity index (χ4n) is 2.77. The van der Waals surface area contributed by atoms with Crippen LogP contribution >= 0.6 is 0 Å². The second-order valence-corrected chi connectivity index (χ2v) is 5.19. The molecule has 0 bridgehead atoms. The van der Waals surface area contributed by atoms with Gasteiger partial charge in [-0.15, -0.1) is 0 Å². The van der Waals surface area contributed by atoms with E-state index in [1.54, 1.807) is 0 Å². The Kier molecular flexibility index (Phi) is 3.28. The lowest BCUT2D eigenvalue weighted by atomic mass is 9.91. The van der Waals surface area contributed by atoms with Gasteiger partial charge in [-0.1, -0.05) is 19.1 Å². The van der Waals surface area contributed by atoms with E-state index in [9.17, 15) is 0 Å². The van der Waals surface area contributed by atoms with Crippen LogP contribution in [0.5, 0.6) is 0 Å². The molecule has 0 aliphatic carbocycles. The van der Waals surface area contributed by atoms with Gasteiger partial charge in [0.15, 0.2) is 0 Å². The van der Waals surface area contributed by atoms with Crippen molar-refractivity contribution in [2.45, 2.75) is 32.1 Å². The normalized spacial score (nSPS) is 20.2. The molecule has 2 nitrogen and oxygen atoms in total. The molecule has 2 heterocycles. The number of hydrogen-bond donors (Lipinski definition) is 1. The van der Waals surface area contributed by atoms with Crippen molar-refractivity contribution in [1.82, 2.24) is 10.3 Å². The monoisotopic (exact) mass is 240 g/mol. The molecule has 18 heavy (non-hydrogen) atoms. The molecule has 94 valence electrons. The molecule has 1 aliphatic rings. The van der Waals surface area contributed by atoms with Crippen molar-refractivity contribution in [2.75, 3.05) is 13.1 Å². The molecule has 3 rings (SSSR count). The predicted octanol–water partition coefficient (Wildman–Crippen LogP) is 3.26. The zero-order valence-corrected chi connectivity index (χ0v) is 10.9. The highest BCUT2D eigenvalue weighted by molar-refractivity contribution is 5.79. The van der Waals surface area contributed by atoms with Crippen LogP contribution in [-0.4, -0.2) is 18.1 Å². The maximum Gasteiger partial charge on any atom is 0.0705 e. The molecule has 1 unspecified atom stereocenters. The van der Waals surface area contributed by atoms with Crippen molar-refractivity contribution >= 4 is 10.9 Å². The first-order valence-corrected chi connectivity index (χ1v) is 6.96. The Bertz CT molecular complexity index is 542. The SMILES string of the molecule is CCc1cnc2cc(C3CCCNC3)ccc2c1. The Hall–Kier alpha value is -1.41. The Balaban J connectivity index is 1.95. The minimum Gasteiger partial charge on any atom is -0.316 e. The van der Waals surface area contributed by atoms with E-state index in [-0.39, 0.29) is 0 Å². The number of rotatable bonds is 2. The van der Waals surface area contributed by atoms with Gasteiger partial charge >= 0.3 is 0 Å². The number of aromatic nitrogens is 1. The third-order valence-electron chi connectivity index (χ3n) is 3.94. The molecule has 1 fully saturated rings. The molecule has 1 aromatic heterocycles. The summed E-state index contributed by atoms with van der Waals surface area (Å²) < 4.78 is 0. The fourth-order valence-corrected chi connectivity index (χ4v) is 2.77. The fraction of sp³-hybridized carbons (Fsp3) is 0.438. The lowest BCUT2D eigenvalue weighted by Crippen LogP contribution is -2.28.